The Kier molecular flexibility index (Phi) is 40.0. The molecule has 5 aliphatic heterocycles. The number of aliphatic hydroxyl groups is 5. The first kappa shape index (κ1) is 109. The van der Waals surface area contributed by atoms with E-state index in [9.17, 15) is 67.5 Å². The molecule has 0 spiro atoms. The lowest BCUT2D eigenvalue weighted by Crippen LogP contribution is -3.12. The quantitative estimate of drug-likeness (QED) is 0.0161. The Morgan fingerprint density at radius 3 is 1.99 bits per heavy atom. The molecule has 143 heavy (non-hydrogen) atoms. The fourth-order valence-corrected chi connectivity index (χ4v) is 21.6. The van der Waals surface area contributed by atoms with Crippen LogP contribution in [0.25, 0.3) is 66.7 Å². The number of furan rings is 1. The zero-order chi connectivity index (χ0) is 102. The third-order valence-corrected chi connectivity index (χ3v) is 30.2. The Hall–Kier alpha value is -11.3. The summed E-state index contributed by atoms with van der Waals surface area (Å²) in [6, 6.07) is 57.8. The predicted octanol–water partition coefficient (Wildman–Crippen LogP) is 12.5. The molecular formula is C109H134ClN12O18S3+. The number of halogens is 1. The van der Waals surface area contributed by atoms with Crippen LogP contribution in [-0.2, 0) is 57.4 Å². The Morgan fingerprint density at radius 1 is 0.671 bits per heavy atom. The zero-order valence-corrected chi connectivity index (χ0v) is 85.7. The molecule has 12 N–H and O–H groups in total. The highest BCUT2D eigenvalue weighted by Gasteiger charge is 2.49. The van der Waals surface area contributed by atoms with E-state index in [-0.39, 0.29) is 90.0 Å². The molecule has 4 aromatic heterocycles. The molecule has 5 saturated heterocycles. The number of likely N-dealkylation sites (tertiary alicyclic amines) is 3. The number of rotatable bonds is 37. The van der Waals surface area contributed by atoms with Crippen LogP contribution in [0.15, 0.2) is 203 Å². The van der Waals surface area contributed by atoms with Gasteiger partial charge in [-0.25, -0.2) is 28.1 Å². The van der Waals surface area contributed by atoms with Crippen molar-refractivity contribution in [3.63, 3.8) is 0 Å². The number of ether oxygens (including phenoxy) is 3. The van der Waals surface area contributed by atoms with E-state index in [4.69, 9.17) is 45.2 Å². The summed E-state index contributed by atoms with van der Waals surface area (Å²) in [5, 5.41) is 67.6. The van der Waals surface area contributed by atoms with Crippen LogP contribution in [-0.4, -0.2) is 251 Å². The first-order valence-corrected chi connectivity index (χ1v) is 53.6. The monoisotopic (exact) mass is 2030 g/mol. The molecule has 11 aromatic rings. The van der Waals surface area contributed by atoms with Crippen molar-refractivity contribution in [2.75, 3.05) is 85.2 Å². The number of hydrogen-bond acceptors (Lipinski definition) is 23. The van der Waals surface area contributed by atoms with Crippen LogP contribution < -0.4 is 40.9 Å². The second kappa shape index (κ2) is 52.5. The number of methoxy groups -OCH3 is 1. The maximum Gasteiger partial charge on any atom is 0.278 e. The number of carbonyl (C=O) groups excluding carboxylic acids is 7. The highest BCUT2D eigenvalue weighted by Crippen LogP contribution is 2.35. The van der Waals surface area contributed by atoms with E-state index in [2.05, 4.69) is 88.5 Å². The summed E-state index contributed by atoms with van der Waals surface area (Å²) in [5.74, 6) is 2.26. The molecule has 9 heterocycles. The fraction of sp³-hybridized carbons (Fsp3) is 0.431. The smallest absolute Gasteiger partial charge is 0.278 e. The number of fused-ring (bicyclic) bond motifs is 3. The standard InChI is InChI=1S/C34H36N4O3S.C30H37N3O4.C27H26ClN3O5S.C18H34N2O6S/c1-24-14-16-25(17-15-24)22-42-23-31(34(41)35-18-8-20-38-19-7-13-32(38)39)37-33(40)28-21-30(26-9-3-2-4-10-26)36-29-12-6-5-11-27(28)29;1-4-5-7-21-9-14-27-25(16-21)26(17-28(32-27)22-10-12-24(37-3)13-11-22)29(35)31-18-20(2)30(36)33-15-6-8-23(33)19-34;1-17-7-10-26(36-17)25-14-23(27(32)29-16-20-5-3-11-35-20)22-12-18(8-9-24(22)31-25)15-30-37(33,34)21-6-2-4-19(28)13-21;1-5-6-10-7-11(20(3)8-10)17(25)19-12(9(2)21)16-14(23)13(22)15(24)18(26-16)27-4/h2-6,9-12,14-17,21,31H,7-8,13,18-20,22-23H2,1H3,(H,35,41)(H,37,40);9-14,16-17,20,23,34H,4-8,15,18-19H2,1-3H3,(H,31,35);2,4,6-10,12-14,20,30H,3,5,11,15-16H2,1H3,(H,29,32);9-16,18,21-24H,5-8H2,1-4H3,(H,19,25)/p+1/t31-;20-,23-;20-;9-,10?,11-,12-,13+,14+,15+,16?,18?/m1101/s1. The Bertz CT molecular complexity index is 6280. The normalized spacial score (nSPS) is 20.2. The highest BCUT2D eigenvalue weighted by molar-refractivity contribution is 7.99. The van der Waals surface area contributed by atoms with Gasteiger partial charge in [0.05, 0.1) is 107 Å². The van der Waals surface area contributed by atoms with Crippen LogP contribution in [0.1, 0.15) is 164 Å². The van der Waals surface area contributed by atoms with Gasteiger partial charge in [-0.3, -0.25) is 33.6 Å². The summed E-state index contributed by atoms with van der Waals surface area (Å²) in [5.41, 5.74) is 10.7. The molecule has 0 aliphatic carbocycles. The number of sulfonamides is 1. The van der Waals surface area contributed by atoms with Crippen LogP contribution >= 0.6 is 35.1 Å². The third-order valence-electron chi connectivity index (χ3n) is 26.6. The highest BCUT2D eigenvalue weighted by atomic mass is 35.5. The van der Waals surface area contributed by atoms with Crippen LogP contribution in [0.5, 0.6) is 5.75 Å². The third kappa shape index (κ3) is 29.3. The van der Waals surface area contributed by atoms with E-state index in [1.807, 2.05) is 129 Å². The topological polar surface area (TPSA) is 417 Å². The summed E-state index contributed by atoms with van der Waals surface area (Å²) >= 11 is 8.76. The van der Waals surface area contributed by atoms with Crippen molar-refractivity contribution in [1.82, 2.24) is 56.1 Å². The number of amides is 7. The molecule has 34 heteroatoms. The van der Waals surface area contributed by atoms with Gasteiger partial charge in [0.15, 0.2) is 11.8 Å². The van der Waals surface area contributed by atoms with Crippen molar-refractivity contribution in [2.45, 2.75) is 208 Å². The van der Waals surface area contributed by atoms with E-state index < -0.39 is 58.1 Å². The van der Waals surface area contributed by atoms with Gasteiger partial charge < -0.3 is 85.4 Å². The summed E-state index contributed by atoms with van der Waals surface area (Å²) < 4.78 is 50.5. The minimum atomic E-state index is -3.77. The lowest BCUT2D eigenvalue weighted by molar-refractivity contribution is -0.884. The van der Waals surface area contributed by atoms with Gasteiger partial charge in [-0.15, -0.1) is 11.8 Å². The summed E-state index contributed by atoms with van der Waals surface area (Å²) in [4.78, 5) is 111. The van der Waals surface area contributed by atoms with E-state index in [0.29, 0.717) is 118 Å². The number of para-hydroxylation sites is 1. The van der Waals surface area contributed by atoms with Gasteiger partial charge >= 0.3 is 0 Å². The summed E-state index contributed by atoms with van der Waals surface area (Å²) in [6.07, 6.45) is 7.51. The van der Waals surface area contributed by atoms with Gasteiger partial charge in [-0.05, 0) is 205 Å². The van der Waals surface area contributed by atoms with Crippen LogP contribution in [0.3, 0.4) is 0 Å². The number of aromatic nitrogens is 3. The Morgan fingerprint density at radius 2 is 1.34 bits per heavy atom. The van der Waals surface area contributed by atoms with Crippen LogP contribution in [0.4, 0.5) is 0 Å². The Balaban J connectivity index is 0.000000162. The molecule has 30 nitrogen and oxygen atoms in total. The molecule has 5 fully saturated rings. The first-order valence-electron chi connectivity index (χ1n) is 49.3. The molecule has 14 atom stereocenters. The number of likely N-dealkylation sites (N-methyl/N-ethyl adjacent to an activating group) is 1. The van der Waals surface area contributed by atoms with E-state index >= 15 is 0 Å². The first-order chi connectivity index (χ1) is 68.9. The minimum Gasteiger partial charge on any atom is -0.497 e. The largest absolute Gasteiger partial charge is 0.497 e. The molecule has 0 saturated carbocycles. The van der Waals surface area contributed by atoms with Gasteiger partial charge in [-0.1, -0.05) is 142 Å². The number of unbranched alkanes of at least 4 members (excludes halogenated alkanes) is 1. The molecule has 5 aliphatic rings. The van der Waals surface area contributed by atoms with E-state index in [1.165, 1.54) is 47.5 Å². The number of benzene rings is 7. The number of thioether (sulfide) groups is 2. The lowest BCUT2D eigenvalue weighted by atomic mass is 9.92. The van der Waals surface area contributed by atoms with Crippen molar-refractivity contribution in [1.29, 1.82) is 0 Å². The number of nitrogens with one attached hydrogen (secondary N) is 7. The fourth-order valence-electron chi connectivity index (χ4n) is 18.6. The number of aryl methyl sites for hydroxylation is 3. The van der Waals surface area contributed by atoms with Gasteiger partial charge in [0.2, 0.25) is 27.7 Å². The van der Waals surface area contributed by atoms with Crippen LogP contribution in [0.2, 0.25) is 5.02 Å². The van der Waals surface area contributed by atoms with Gasteiger partial charge in [0.1, 0.15) is 53.1 Å². The van der Waals surface area contributed by atoms with Gasteiger partial charge in [0, 0.05) is 115 Å². The lowest BCUT2D eigenvalue weighted by Gasteiger charge is -2.44. The molecule has 762 valence electrons. The maximum absolute atomic E-state index is 13.8. The molecule has 4 unspecified atom stereocenters. The Labute approximate surface area is 849 Å². The van der Waals surface area contributed by atoms with Gasteiger partial charge in [-0.2, -0.15) is 11.8 Å². The second-order valence-corrected chi connectivity index (χ2v) is 41.5. The maximum atomic E-state index is 13.8. The molecule has 7 aromatic carbocycles. The van der Waals surface area contributed by atoms with Crippen molar-refractivity contribution in [3.05, 3.63) is 244 Å². The van der Waals surface area contributed by atoms with Crippen LogP contribution in [0, 0.1) is 25.7 Å². The number of carbonyl (C=O) groups is 7. The molecule has 16 rings (SSSR count). The average Bonchev–Trinajstić information content (AvgIpc) is 1.63. The molecule has 0 radical (unpaired) electrons. The van der Waals surface area contributed by atoms with E-state index in [1.54, 1.807) is 72.5 Å². The van der Waals surface area contributed by atoms with Crippen molar-refractivity contribution < 1.29 is 91.0 Å². The number of pyridine rings is 3. The number of hydrogen-bond donors (Lipinski definition) is 12. The van der Waals surface area contributed by atoms with E-state index in [0.717, 1.165) is 139 Å². The summed E-state index contributed by atoms with van der Waals surface area (Å²) in [6.45, 7) is 16.3. The number of quaternary nitrogens is 1. The second-order valence-electron chi connectivity index (χ2n) is 37.3. The molecular weight excluding hydrogens is 1900 g/mol. The predicted molar refractivity (Wildman–Crippen MR) is 558 cm³/mol. The zero-order valence-electron chi connectivity index (χ0n) is 82.5. The average molecular weight is 2030 g/mol. The van der Waals surface area contributed by atoms with Crippen molar-refractivity contribution >= 4 is 119 Å². The molecule has 7 amide bonds. The SMILES string of the molecule is CCCC1C[C@H](C(=O)N[C@@H](C2OC(SC)[C@@H](O)[C@@H](O)[C@@H]2O)[C@@H](C)O)[NH+](C)C1.CCCCc1ccc2nc(-c3ccc(OC)cc3)cc(C(=O)NC[C@@H](C)C(=O)N3CCC[C@@H]3CO)c2c1.Cc1ccc(-c2cc(C(=O)NC[C@@H]3CCCO3)c3cc(CNS(=O)(=O)c4cccc(Cl)c4)ccc3n2)o1.Cc1ccc(CSC[C@@H](NC(=O)c2cc(-c3ccccc3)nc3ccccc23)C(=O)NCCCN2CCCC2=O)cc1. The van der Waals surface area contributed by atoms with Crippen molar-refractivity contribution in [2.24, 2.45) is 11.8 Å². The molecule has 0 bridgehead atoms. The number of aliphatic hydroxyl groups excluding tert-OH is 5. The minimum absolute atomic E-state index is 0.000651. The summed E-state index contributed by atoms with van der Waals surface area (Å²) in [7, 11) is -0.155. The number of nitrogens with zero attached hydrogens (tertiary/aromatic N) is 5. The van der Waals surface area contributed by atoms with Gasteiger partial charge in [0.25, 0.3) is 23.6 Å². The van der Waals surface area contributed by atoms with Crippen molar-refractivity contribution in [3.8, 4) is 39.7 Å².